The molecule has 5 heteroatoms. The first kappa shape index (κ1) is 11.9. The van der Waals surface area contributed by atoms with Gasteiger partial charge in [-0.2, -0.15) is 0 Å². The number of ether oxygens (including phenoxy) is 1. The lowest BCUT2D eigenvalue weighted by molar-refractivity contribution is 0.410. The van der Waals surface area contributed by atoms with E-state index in [2.05, 4.69) is 25.9 Å². The van der Waals surface area contributed by atoms with E-state index >= 15 is 0 Å². The van der Waals surface area contributed by atoms with E-state index in [0.29, 0.717) is 16.7 Å². The Morgan fingerprint density at radius 1 is 1.41 bits per heavy atom. The molecule has 2 rings (SSSR count). The van der Waals surface area contributed by atoms with Crippen molar-refractivity contribution in [3.8, 4) is 5.75 Å². The van der Waals surface area contributed by atoms with Crippen molar-refractivity contribution in [2.45, 2.75) is 6.42 Å². The third-order valence-electron chi connectivity index (χ3n) is 2.36. The van der Waals surface area contributed by atoms with Gasteiger partial charge in [-0.05, 0) is 22.0 Å². The van der Waals surface area contributed by atoms with E-state index in [1.807, 2.05) is 24.3 Å². The van der Waals surface area contributed by atoms with Crippen LogP contribution >= 0.6 is 15.9 Å². The van der Waals surface area contributed by atoms with Gasteiger partial charge in [-0.25, -0.2) is 4.98 Å². The lowest BCUT2D eigenvalue weighted by atomic mass is 10.1. The molecule has 1 aromatic carbocycles. The Kier molecular flexibility index (Phi) is 3.58. The number of nitrogens with zero attached hydrogens (tertiary/aromatic N) is 1. The van der Waals surface area contributed by atoms with E-state index in [1.54, 1.807) is 7.11 Å². The quantitative estimate of drug-likeness (QED) is 0.943. The summed E-state index contributed by atoms with van der Waals surface area (Å²) in [6.45, 7) is 0. The Balaban J connectivity index is 2.31. The van der Waals surface area contributed by atoms with Gasteiger partial charge in [-0.15, -0.1) is 0 Å². The molecular formula is C12H11BrN2O2. The van der Waals surface area contributed by atoms with Crippen LogP contribution in [0.4, 0.5) is 0 Å². The van der Waals surface area contributed by atoms with Crippen molar-refractivity contribution in [3.05, 3.63) is 56.7 Å². The molecular weight excluding hydrogens is 284 g/mol. The summed E-state index contributed by atoms with van der Waals surface area (Å²) in [5.74, 6) is 1.40. The molecule has 0 radical (unpaired) electrons. The Labute approximate surface area is 107 Å². The monoisotopic (exact) mass is 294 g/mol. The maximum Gasteiger partial charge on any atom is 0.265 e. The van der Waals surface area contributed by atoms with Crippen molar-refractivity contribution in [1.29, 1.82) is 0 Å². The van der Waals surface area contributed by atoms with Crippen molar-refractivity contribution >= 4 is 15.9 Å². The van der Waals surface area contributed by atoms with Crippen LogP contribution < -0.4 is 10.3 Å². The molecule has 0 unspecified atom stereocenters. The first-order valence-electron chi connectivity index (χ1n) is 5.06. The molecule has 0 aliphatic heterocycles. The average molecular weight is 295 g/mol. The fourth-order valence-electron chi connectivity index (χ4n) is 1.54. The van der Waals surface area contributed by atoms with E-state index in [9.17, 15) is 4.79 Å². The number of para-hydroxylation sites is 1. The molecule has 0 aliphatic carbocycles. The van der Waals surface area contributed by atoms with Crippen molar-refractivity contribution in [1.82, 2.24) is 9.97 Å². The van der Waals surface area contributed by atoms with Crippen LogP contribution in [-0.2, 0) is 6.42 Å². The lowest BCUT2D eigenvalue weighted by Crippen LogP contribution is -2.11. The van der Waals surface area contributed by atoms with E-state index in [4.69, 9.17) is 4.74 Å². The molecule has 1 heterocycles. The minimum absolute atomic E-state index is 0.176. The summed E-state index contributed by atoms with van der Waals surface area (Å²) < 4.78 is 5.67. The highest BCUT2D eigenvalue weighted by atomic mass is 79.9. The van der Waals surface area contributed by atoms with Crippen molar-refractivity contribution < 1.29 is 4.74 Å². The molecule has 1 aromatic heterocycles. The zero-order valence-corrected chi connectivity index (χ0v) is 10.8. The summed E-state index contributed by atoms with van der Waals surface area (Å²) in [7, 11) is 1.62. The van der Waals surface area contributed by atoms with E-state index in [0.717, 1.165) is 11.3 Å². The van der Waals surface area contributed by atoms with Crippen LogP contribution in [0, 0.1) is 0 Å². The summed E-state index contributed by atoms with van der Waals surface area (Å²) in [4.78, 5) is 18.3. The van der Waals surface area contributed by atoms with E-state index in [1.165, 1.54) is 6.20 Å². The molecule has 0 spiro atoms. The van der Waals surface area contributed by atoms with Crippen LogP contribution in [0.5, 0.6) is 5.75 Å². The molecule has 0 amide bonds. The molecule has 0 fully saturated rings. The summed E-state index contributed by atoms with van der Waals surface area (Å²) in [6, 6.07) is 7.65. The SMILES string of the molecule is COc1ccccc1Cc1ncc(Br)c(=O)[nH]1. The molecule has 17 heavy (non-hydrogen) atoms. The minimum Gasteiger partial charge on any atom is -0.496 e. The standard InChI is InChI=1S/C12H11BrN2O2/c1-17-10-5-3-2-4-8(10)6-11-14-7-9(13)12(16)15-11/h2-5,7H,6H2,1H3,(H,14,15,16). The van der Waals surface area contributed by atoms with Gasteiger partial charge in [0.25, 0.3) is 5.56 Å². The van der Waals surface area contributed by atoms with Crippen LogP contribution in [0.2, 0.25) is 0 Å². The highest BCUT2D eigenvalue weighted by Gasteiger charge is 2.05. The van der Waals surface area contributed by atoms with E-state index in [-0.39, 0.29) is 5.56 Å². The highest BCUT2D eigenvalue weighted by Crippen LogP contribution is 2.19. The van der Waals surface area contributed by atoms with Crippen LogP contribution in [-0.4, -0.2) is 17.1 Å². The van der Waals surface area contributed by atoms with Gasteiger partial charge >= 0.3 is 0 Å². The summed E-state index contributed by atoms with van der Waals surface area (Å²) >= 11 is 3.11. The van der Waals surface area contributed by atoms with Gasteiger partial charge in [0.2, 0.25) is 0 Å². The topological polar surface area (TPSA) is 55.0 Å². The lowest BCUT2D eigenvalue weighted by Gasteiger charge is -2.07. The number of methoxy groups -OCH3 is 1. The maximum atomic E-state index is 11.4. The maximum absolute atomic E-state index is 11.4. The summed E-state index contributed by atoms with van der Waals surface area (Å²) in [6.07, 6.45) is 2.04. The third kappa shape index (κ3) is 2.74. The van der Waals surface area contributed by atoms with Crippen LogP contribution in [0.1, 0.15) is 11.4 Å². The van der Waals surface area contributed by atoms with Gasteiger partial charge in [0.15, 0.2) is 0 Å². The highest BCUT2D eigenvalue weighted by molar-refractivity contribution is 9.10. The van der Waals surface area contributed by atoms with Crippen molar-refractivity contribution in [2.24, 2.45) is 0 Å². The zero-order valence-electron chi connectivity index (χ0n) is 9.24. The summed E-state index contributed by atoms with van der Waals surface area (Å²) in [5, 5.41) is 0. The Bertz CT molecular complexity index is 581. The second-order valence-corrected chi connectivity index (χ2v) is 4.35. The molecule has 0 saturated carbocycles. The van der Waals surface area contributed by atoms with E-state index < -0.39 is 0 Å². The van der Waals surface area contributed by atoms with Crippen LogP contribution in [0.3, 0.4) is 0 Å². The number of benzene rings is 1. The first-order valence-corrected chi connectivity index (χ1v) is 5.85. The van der Waals surface area contributed by atoms with Gasteiger partial charge in [-0.3, -0.25) is 4.79 Å². The second-order valence-electron chi connectivity index (χ2n) is 3.50. The number of halogens is 1. The fraction of sp³-hybridized carbons (Fsp3) is 0.167. The predicted molar refractivity (Wildman–Crippen MR) is 68.4 cm³/mol. The van der Waals surface area contributed by atoms with Gasteiger partial charge in [0, 0.05) is 18.2 Å². The third-order valence-corrected chi connectivity index (χ3v) is 2.92. The number of H-pyrrole nitrogens is 1. The normalized spacial score (nSPS) is 10.2. The molecule has 4 nitrogen and oxygen atoms in total. The smallest absolute Gasteiger partial charge is 0.265 e. The minimum atomic E-state index is -0.176. The van der Waals surface area contributed by atoms with Gasteiger partial charge in [-0.1, -0.05) is 18.2 Å². The molecule has 0 saturated heterocycles. The molecule has 1 N–H and O–H groups in total. The summed E-state index contributed by atoms with van der Waals surface area (Å²) in [5.41, 5.74) is 0.811. The average Bonchev–Trinajstić information content (AvgIpc) is 2.34. The molecule has 88 valence electrons. The Morgan fingerprint density at radius 3 is 2.88 bits per heavy atom. The number of nitrogens with one attached hydrogen (secondary N) is 1. The largest absolute Gasteiger partial charge is 0.496 e. The number of hydrogen-bond acceptors (Lipinski definition) is 3. The Hall–Kier alpha value is -1.62. The number of aromatic amines is 1. The molecule has 2 aromatic rings. The van der Waals surface area contributed by atoms with Gasteiger partial charge in [0.05, 0.1) is 7.11 Å². The van der Waals surface area contributed by atoms with Crippen molar-refractivity contribution in [3.63, 3.8) is 0 Å². The molecule has 0 bridgehead atoms. The number of rotatable bonds is 3. The second kappa shape index (κ2) is 5.14. The molecule has 0 atom stereocenters. The van der Waals surface area contributed by atoms with Crippen LogP contribution in [0.25, 0.3) is 0 Å². The van der Waals surface area contributed by atoms with Gasteiger partial charge in [0.1, 0.15) is 16.0 Å². The zero-order chi connectivity index (χ0) is 12.3. The van der Waals surface area contributed by atoms with Crippen molar-refractivity contribution in [2.75, 3.05) is 7.11 Å². The predicted octanol–water partition coefficient (Wildman–Crippen LogP) is 2.13. The van der Waals surface area contributed by atoms with Gasteiger partial charge < -0.3 is 9.72 Å². The fourth-order valence-corrected chi connectivity index (χ4v) is 1.74. The molecule has 0 aliphatic rings. The number of aromatic nitrogens is 2. The Morgan fingerprint density at radius 2 is 2.18 bits per heavy atom. The van der Waals surface area contributed by atoms with Crippen LogP contribution in [0.15, 0.2) is 39.7 Å². The first-order chi connectivity index (χ1) is 8.20. The number of hydrogen-bond donors (Lipinski definition) is 1.